The van der Waals surface area contributed by atoms with Crippen molar-refractivity contribution in [2.75, 3.05) is 18.4 Å². The molecule has 146 valence electrons. The summed E-state index contributed by atoms with van der Waals surface area (Å²) in [7, 11) is 0. The molecule has 0 spiro atoms. The molecule has 2 aromatic rings. The van der Waals surface area contributed by atoms with Gasteiger partial charge in [-0.3, -0.25) is 14.6 Å². The van der Waals surface area contributed by atoms with Gasteiger partial charge in [-0.1, -0.05) is 6.42 Å². The van der Waals surface area contributed by atoms with Crippen LogP contribution in [0.5, 0.6) is 5.88 Å². The number of carbonyl (C=O) groups is 2. The summed E-state index contributed by atoms with van der Waals surface area (Å²) in [5.41, 5.74) is 1.36. The van der Waals surface area contributed by atoms with E-state index in [1.54, 1.807) is 36.8 Å². The van der Waals surface area contributed by atoms with Crippen molar-refractivity contribution in [3.8, 4) is 5.88 Å². The molecule has 1 aliphatic carbocycles. The highest BCUT2D eigenvalue weighted by Crippen LogP contribution is 2.27. The lowest BCUT2D eigenvalue weighted by atomic mass is 9.85. The van der Waals surface area contributed by atoms with Crippen LogP contribution in [0.25, 0.3) is 0 Å². The third kappa shape index (κ3) is 4.30. The molecule has 1 saturated heterocycles. The van der Waals surface area contributed by atoms with Gasteiger partial charge >= 0.3 is 0 Å². The molecule has 4 rings (SSSR count). The first-order valence-corrected chi connectivity index (χ1v) is 9.82. The summed E-state index contributed by atoms with van der Waals surface area (Å²) in [5, 5.41) is 2.90. The quantitative estimate of drug-likeness (QED) is 0.862. The van der Waals surface area contributed by atoms with Crippen molar-refractivity contribution in [3.63, 3.8) is 0 Å². The summed E-state index contributed by atoms with van der Waals surface area (Å²) in [5.74, 6) is 0.801. The molecule has 0 radical (unpaired) electrons. The van der Waals surface area contributed by atoms with Crippen LogP contribution in [0.3, 0.4) is 0 Å². The van der Waals surface area contributed by atoms with Crippen molar-refractivity contribution >= 4 is 17.5 Å². The number of hydrogen-bond acceptors (Lipinski definition) is 5. The minimum absolute atomic E-state index is 0.0319. The second-order valence-corrected chi connectivity index (χ2v) is 7.35. The van der Waals surface area contributed by atoms with E-state index in [1.165, 1.54) is 0 Å². The number of hydrogen-bond donors (Lipinski definition) is 1. The normalized spacial score (nSPS) is 17.6. The van der Waals surface area contributed by atoms with Gasteiger partial charge in [-0.15, -0.1) is 0 Å². The van der Waals surface area contributed by atoms with Crippen LogP contribution in [-0.2, 0) is 4.79 Å². The lowest BCUT2D eigenvalue weighted by molar-refractivity contribution is -0.122. The van der Waals surface area contributed by atoms with E-state index in [-0.39, 0.29) is 23.8 Å². The second kappa shape index (κ2) is 8.37. The average molecular weight is 380 g/mol. The molecule has 0 unspecified atom stereocenters. The Labute approximate surface area is 164 Å². The molecule has 1 aliphatic heterocycles. The zero-order chi connectivity index (χ0) is 19.3. The van der Waals surface area contributed by atoms with E-state index >= 15 is 0 Å². The van der Waals surface area contributed by atoms with E-state index in [2.05, 4.69) is 15.3 Å². The highest BCUT2D eigenvalue weighted by Gasteiger charge is 2.26. The molecular weight excluding hydrogens is 356 g/mol. The van der Waals surface area contributed by atoms with Crippen LogP contribution in [0.15, 0.2) is 42.9 Å². The Balaban J connectivity index is 1.25. The highest BCUT2D eigenvalue weighted by atomic mass is 16.5. The van der Waals surface area contributed by atoms with Gasteiger partial charge in [-0.05, 0) is 31.0 Å². The fraction of sp³-hybridized carbons (Fsp3) is 0.429. The van der Waals surface area contributed by atoms with Crippen LogP contribution in [0.1, 0.15) is 42.5 Å². The number of nitrogens with one attached hydrogen (secondary N) is 1. The van der Waals surface area contributed by atoms with E-state index < -0.39 is 0 Å². The fourth-order valence-electron chi connectivity index (χ4n) is 3.46. The first-order valence-electron chi connectivity index (χ1n) is 9.82. The zero-order valence-corrected chi connectivity index (χ0v) is 15.7. The summed E-state index contributed by atoms with van der Waals surface area (Å²) in [6.07, 6.45) is 9.54. The van der Waals surface area contributed by atoms with Gasteiger partial charge in [-0.25, -0.2) is 4.98 Å². The largest absolute Gasteiger partial charge is 0.474 e. The van der Waals surface area contributed by atoms with Crippen molar-refractivity contribution in [1.29, 1.82) is 0 Å². The number of pyridine rings is 2. The van der Waals surface area contributed by atoms with Crippen molar-refractivity contribution in [1.82, 2.24) is 14.9 Å². The predicted octanol–water partition coefficient (Wildman–Crippen LogP) is 2.90. The Morgan fingerprint density at radius 1 is 1.04 bits per heavy atom. The van der Waals surface area contributed by atoms with Crippen molar-refractivity contribution < 1.29 is 14.3 Å². The number of ether oxygens (including phenoxy) is 1. The maximum Gasteiger partial charge on any atom is 0.253 e. The van der Waals surface area contributed by atoms with Crippen LogP contribution in [0.2, 0.25) is 0 Å². The van der Waals surface area contributed by atoms with Crippen LogP contribution in [0.4, 0.5) is 5.69 Å². The Kier molecular flexibility index (Phi) is 5.50. The lowest BCUT2D eigenvalue weighted by Crippen LogP contribution is -2.41. The summed E-state index contributed by atoms with van der Waals surface area (Å²) in [4.78, 5) is 34.6. The molecule has 0 bridgehead atoms. The third-order valence-corrected chi connectivity index (χ3v) is 5.42. The van der Waals surface area contributed by atoms with Gasteiger partial charge in [0.2, 0.25) is 11.8 Å². The molecule has 2 amide bonds. The maximum atomic E-state index is 12.5. The van der Waals surface area contributed by atoms with Gasteiger partial charge in [0.05, 0.1) is 11.9 Å². The zero-order valence-electron chi connectivity index (χ0n) is 15.7. The molecule has 2 fully saturated rings. The highest BCUT2D eigenvalue weighted by molar-refractivity contribution is 5.94. The van der Waals surface area contributed by atoms with Gasteiger partial charge in [0.15, 0.2) is 0 Å². The number of anilines is 1. The average Bonchev–Trinajstić information content (AvgIpc) is 2.69. The molecule has 1 N–H and O–H groups in total. The lowest BCUT2D eigenvalue weighted by Gasteiger charge is -2.32. The minimum Gasteiger partial charge on any atom is -0.474 e. The maximum absolute atomic E-state index is 12.5. The molecule has 0 aromatic carbocycles. The molecule has 3 heterocycles. The predicted molar refractivity (Wildman–Crippen MR) is 104 cm³/mol. The Morgan fingerprint density at radius 2 is 1.79 bits per heavy atom. The Bertz CT molecular complexity index is 813. The molecule has 1 saturated carbocycles. The van der Waals surface area contributed by atoms with E-state index in [9.17, 15) is 9.59 Å². The van der Waals surface area contributed by atoms with E-state index in [1.807, 2.05) is 11.0 Å². The molecule has 2 aliphatic rings. The van der Waals surface area contributed by atoms with Crippen LogP contribution in [0, 0.1) is 5.92 Å². The summed E-state index contributed by atoms with van der Waals surface area (Å²) < 4.78 is 5.96. The molecule has 28 heavy (non-hydrogen) atoms. The third-order valence-electron chi connectivity index (χ3n) is 5.42. The van der Waals surface area contributed by atoms with E-state index in [4.69, 9.17) is 4.74 Å². The first kappa shape index (κ1) is 18.4. The van der Waals surface area contributed by atoms with Crippen LogP contribution < -0.4 is 10.1 Å². The van der Waals surface area contributed by atoms with Crippen molar-refractivity contribution in [2.24, 2.45) is 5.92 Å². The second-order valence-electron chi connectivity index (χ2n) is 7.35. The molecular formula is C21H24N4O3. The first-order chi connectivity index (χ1) is 13.7. The number of carbonyl (C=O) groups excluding carboxylic acids is 2. The summed E-state index contributed by atoms with van der Waals surface area (Å²) in [6.45, 7) is 1.31. The molecule has 0 atom stereocenters. The molecule has 2 aromatic heterocycles. The van der Waals surface area contributed by atoms with Crippen molar-refractivity contribution in [3.05, 3.63) is 48.4 Å². The monoisotopic (exact) mass is 380 g/mol. The van der Waals surface area contributed by atoms with Crippen molar-refractivity contribution in [2.45, 2.75) is 38.2 Å². The van der Waals surface area contributed by atoms with Crippen LogP contribution in [-0.4, -0.2) is 45.9 Å². The number of nitrogens with zero attached hydrogens (tertiary/aromatic N) is 3. The summed E-state index contributed by atoms with van der Waals surface area (Å²) in [6, 6.07) is 7.08. The molecule has 7 nitrogen and oxygen atoms in total. The number of likely N-dealkylation sites (tertiary alicyclic amines) is 1. The standard InChI is InChI=1S/C21H24N4O3/c26-20(15-2-1-3-15)24-17-4-5-19(23-14-17)28-18-8-12-25(13-9-18)21(27)16-6-10-22-11-7-16/h4-7,10-11,14-15,18H,1-3,8-9,12-13H2,(H,24,26). The van der Waals surface area contributed by atoms with Gasteiger partial charge < -0.3 is 15.0 Å². The van der Waals surface area contributed by atoms with Gasteiger partial charge in [0, 0.05) is 55.9 Å². The van der Waals surface area contributed by atoms with E-state index in [0.29, 0.717) is 30.2 Å². The van der Waals surface area contributed by atoms with Gasteiger partial charge in [0.25, 0.3) is 5.91 Å². The number of rotatable bonds is 5. The van der Waals surface area contributed by atoms with Gasteiger partial charge in [0.1, 0.15) is 6.10 Å². The SMILES string of the molecule is O=C(Nc1ccc(OC2CCN(C(=O)c3ccncc3)CC2)nc1)C1CCC1. The minimum atomic E-state index is 0.0319. The Morgan fingerprint density at radius 3 is 2.39 bits per heavy atom. The Hall–Kier alpha value is -2.96. The number of piperidine rings is 1. The van der Waals surface area contributed by atoms with E-state index in [0.717, 1.165) is 32.1 Å². The van der Waals surface area contributed by atoms with Crippen LogP contribution >= 0.6 is 0 Å². The molecule has 7 heteroatoms. The van der Waals surface area contributed by atoms with Gasteiger partial charge in [-0.2, -0.15) is 0 Å². The number of amides is 2. The fourth-order valence-corrected chi connectivity index (χ4v) is 3.46. The summed E-state index contributed by atoms with van der Waals surface area (Å²) >= 11 is 0. The topological polar surface area (TPSA) is 84.4 Å². The smallest absolute Gasteiger partial charge is 0.253 e. The number of aromatic nitrogens is 2.